The molecule has 0 aliphatic carbocycles. The van der Waals surface area contributed by atoms with E-state index in [9.17, 15) is 28.2 Å². The molecule has 10 nitrogen and oxygen atoms in total. The average molecular weight is 551 g/mol. The van der Waals surface area contributed by atoms with Crippen LogP contribution in [-0.4, -0.2) is 57.9 Å². The van der Waals surface area contributed by atoms with Gasteiger partial charge in [-0.3, -0.25) is 4.79 Å². The lowest BCUT2D eigenvalue weighted by molar-refractivity contribution is -0.671. The monoisotopic (exact) mass is 550 g/mol. The number of carbonyl (C=O) groups excluding carboxylic acids is 2. The van der Waals surface area contributed by atoms with Crippen LogP contribution in [0.15, 0.2) is 65.2 Å². The van der Waals surface area contributed by atoms with E-state index in [1.54, 1.807) is 13.0 Å². The number of rotatable bonds is 7. The third-order valence-corrected chi connectivity index (χ3v) is 10.3. The quantitative estimate of drug-likeness (QED) is 0.328. The summed E-state index contributed by atoms with van der Waals surface area (Å²) in [6, 6.07) is 8.72. The molecule has 11 heteroatoms. The minimum Gasteiger partial charge on any atom is -0.543 e. The van der Waals surface area contributed by atoms with Gasteiger partial charge in [-0.05, 0) is 35.1 Å². The van der Waals surface area contributed by atoms with E-state index < -0.39 is 45.9 Å². The van der Waals surface area contributed by atoms with E-state index in [-0.39, 0.29) is 23.7 Å². The molecule has 6 rings (SSSR count). The Morgan fingerprint density at radius 2 is 2.03 bits per heavy atom. The second kappa shape index (κ2) is 9.00. The van der Waals surface area contributed by atoms with E-state index in [2.05, 4.69) is 4.57 Å². The van der Waals surface area contributed by atoms with Crippen molar-refractivity contribution in [3.8, 4) is 0 Å². The third kappa shape index (κ3) is 3.82. The van der Waals surface area contributed by atoms with Crippen LogP contribution < -0.4 is 9.67 Å². The second-order valence-electron chi connectivity index (χ2n) is 10.8. The van der Waals surface area contributed by atoms with Crippen LogP contribution in [0.25, 0.3) is 10.8 Å². The summed E-state index contributed by atoms with van der Waals surface area (Å²) in [5.41, 5.74) is 1.94. The molecule has 3 aromatic rings. The number of aliphatic hydroxyl groups is 1. The van der Waals surface area contributed by atoms with Crippen LogP contribution in [0, 0.1) is 11.8 Å². The van der Waals surface area contributed by atoms with Crippen LogP contribution in [0.3, 0.4) is 0 Å². The van der Waals surface area contributed by atoms with Gasteiger partial charge in [0, 0.05) is 30.8 Å². The molecule has 4 atom stereocenters. The molecule has 1 fully saturated rings. The van der Waals surface area contributed by atoms with Crippen LogP contribution in [0.2, 0.25) is 0 Å². The van der Waals surface area contributed by atoms with Gasteiger partial charge >= 0.3 is 0 Å². The summed E-state index contributed by atoms with van der Waals surface area (Å²) < 4.78 is 33.1. The van der Waals surface area contributed by atoms with Crippen LogP contribution in [0.4, 0.5) is 0 Å². The first-order chi connectivity index (χ1) is 18.5. The number of nitrogens with zero attached hydrogens (tertiary/aromatic N) is 4. The van der Waals surface area contributed by atoms with Crippen LogP contribution in [-0.2, 0) is 46.2 Å². The SMILES string of the molecule is C[C@@H](O)[C@H]1C(=O)N2C(C(=O)[O-])=C(CN3Cc4cccc5c(CCn6cc[n+](C)c6)ccc(c45)S3(=O)=O)[C@H](C)[C@H]12. The molecule has 1 amide bonds. The maximum atomic E-state index is 13.9. The van der Waals surface area contributed by atoms with Gasteiger partial charge in [0.05, 0.1) is 48.2 Å². The summed E-state index contributed by atoms with van der Waals surface area (Å²) in [6.45, 7) is 3.93. The smallest absolute Gasteiger partial charge is 0.244 e. The highest BCUT2D eigenvalue weighted by Gasteiger charge is 2.58. The fourth-order valence-electron chi connectivity index (χ4n) is 6.54. The molecule has 3 aliphatic rings. The molecule has 4 heterocycles. The van der Waals surface area contributed by atoms with Crippen LogP contribution in [0.5, 0.6) is 0 Å². The molecule has 2 aromatic carbocycles. The highest BCUT2D eigenvalue weighted by atomic mass is 32.2. The fourth-order valence-corrected chi connectivity index (χ4v) is 8.18. The first-order valence-electron chi connectivity index (χ1n) is 13.0. The summed E-state index contributed by atoms with van der Waals surface area (Å²) in [5.74, 6) is -3.17. The number of benzene rings is 2. The number of aliphatic hydroxyl groups excluding tert-OH is 1. The Hall–Kier alpha value is -3.54. The van der Waals surface area contributed by atoms with Gasteiger partial charge in [-0.25, -0.2) is 17.6 Å². The predicted octanol–water partition coefficient (Wildman–Crippen LogP) is 0.0743. The number of carboxylic acids is 1. The van der Waals surface area contributed by atoms with Gasteiger partial charge in [0.2, 0.25) is 22.3 Å². The topological polar surface area (TPSA) is 127 Å². The van der Waals surface area contributed by atoms with Gasteiger partial charge in [0.15, 0.2) is 0 Å². The minimum atomic E-state index is -3.96. The van der Waals surface area contributed by atoms with E-state index in [0.29, 0.717) is 11.0 Å². The van der Waals surface area contributed by atoms with Gasteiger partial charge in [0.1, 0.15) is 12.4 Å². The highest BCUT2D eigenvalue weighted by molar-refractivity contribution is 7.89. The number of hydrogen-bond donors (Lipinski definition) is 1. The van der Waals surface area contributed by atoms with Crippen molar-refractivity contribution in [1.82, 2.24) is 13.8 Å². The number of β-lactam (4-membered cyclic amide) rings is 1. The standard InChI is InChI=1S/C28H30N4O6S/c1-16-21(26(28(35)36)32-25(16)23(17(2)33)27(32)34)14-31-13-19-5-4-6-20-18(9-10-30-12-11-29(3)15-30)7-8-22(24(19)20)39(31,37)38/h4-8,11-12,15-17,23,25,33H,9-10,13-14H2,1-3H3/t16-,17+,23+,25+/m0/s1. The molecule has 1 N–H and O–H groups in total. The average Bonchev–Trinajstić information content (AvgIpc) is 3.40. The lowest BCUT2D eigenvalue weighted by Gasteiger charge is -2.47. The van der Waals surface area contributed by atoms with Gasteiger partial charge in [-0.1, -0.05) is 31.2 Å². The maximum Gasteiger partial charge on any atom is 0.244 e. The number of imidazole rings is 1. The summed E-state index contributed by atoms with van der Waals surface area (Å²) in [5, 5.41) is 23.8. The van der Waals surface area contributed by atoms with Crippen molar-refractivity contribution in [3.63, 3.8) is 0 Å². The highest BCUT2D eigenvalue weighted by Crippen LogP contribution is 2.48. The number of aromatic nitrogens is 2. The summed E-state index contributed by atoms with van der Waals surface area (Å²) >= 11 is 0. The van der Waals surface area contributed by atoms with Crippen molar-refractivity contribution in [2.75, 3.05) is 6.54 Å². The summed E-state index contributed by atoms with van der Waals surface area (Å²) in [7, 11) is -2.01. The zero-order chi connectivity index (χ0) is 27.8. The van der Waals surface area contributed by atoms with Gasteiger partial charge < -0.3 is 19.9 Å². The van der Waals surface area contributed by atoms with Crippen molar-refractivity contribution in [3.05, 3.63) is 71.4 Å². The number of sulfonamides is 1. The minimum absolute atomic E-state index is 0.0819. The lowest BCUT2D eigenvalue weighted by atomic mass is 9.78. The Balaban J connectivity index is 1.34. The maximum absolute atomic E-state index is 13.9. The zero-order valence-electron chi connectivity index (χ0n) is 21.9. The van der Waals surface area contributed by atoms with Crippen molar-refractivity contribution < 1.29 is 32.8 Å². The molecule has 0 unspecified atom stereocenters. The molecule has 39 heavy (non-hydrogen) atoms. The fraction of sp³-hybridized carbons (Fsp3) is 0.393. The van der Waals surface area contributed by atoms with Crippen LogP contribution in [0.1, 0.15) is 25.0 Å². The van der Waals surface area contributed by atoms with Crippen molar-refractivity contribution in [2.24, 2.45) is 18.9 Å². The molecule has 1 aromatic heterocycles. The molecule has 3 aliphatic heterocycles. The normalized spacial score (nSPS) is 24.7. The Labute approximate surface area is 226 Å². The number of carboxylic acid groups (broad SMARTS) is 1. The molecule has 0 bridgehead atoms. The number of aliphatic carboxylic acids is 1. The Morgan fingerprint density at radius 3 is 2.69 bits per heavy atom. The van der Waals surface area contributed by atoms with Gasteiger partial charge in [-0.2, -0.15) is 4.31 Å². The molecule has 1 saturated heterocycles. The number of hydrogen-bond acceptors (Lipinski definition) is 6. The van der Waals surface area contributed by atoms with E-state index in [4.69, 9.17) is 0 Å². The summed E-state index contributed by atoms with van der Waals surface area (Å²) in [4.78, 5) is 26.2. The number of fused-ring (bicyclic) bond motifs is 1. The van der Waals surface area contributed by atoms with Crippen molar-refractivity contribution in [1.29, 1.82) is 0 Å². The van der Waals surface area contributed by atoms with Crippen molar-refractivity contribution >= 4 is 32.7 Å². The van der Waals surface area contributed by atoms with E-state index in [1.807, 2.05) is 54.6 Å². The van der Waals surface area contributed by atoms with Crippen LogP contribution >= 0.6 is 0 Å². The molecule has 204 valence electrons. The Morgan fingerprint density at radius 1 is 1.26 bits per heavy atom. The predicted molar refractivity (Wildman–Crippen MR) is 138 cm³/mol. The number of amides is 1. The van der Waals surface area contributed by atoms with Gasteiger partial charge in [0.25, 0.3) is 0 Å². The Kier molecular flexibility index (Phi) is 5.94. The number of aryl methyl sites for hydroxylation is 3. The first-order valence-corrected chi connectivity index (χ1v) is 14.4. The van der Waals surface area contributed by atoms with Crippen molar-refractivity contribution in [2.45, 2.75) is 50.4 Å². The second-order valence-corrected chi connectivity index (χ2v) is 12.7. The third-order valence-electron chi connectivity index (χ3n) is 8.46. The van der Waals surface area contributed by atoms with Gasteiger partial charge in [-0.15, -0.1) is 0 Å². The van der Waals surface area contributed by atoms with E-state index in [1.165, 1.54) is 11.2 Å². The first kappa shape index (κ1) is 25.7. The van der Waals surface area contributed by atoms with E-state index in [0.717, 1.165) is 34.4 Å². The summed E-state index contributed by atoms with van der Waals surface area (Å²) in [6.07, 6.45) is 5.74. The molecule has 0 spiro atoms. The lowest BCUT2D eigenvalue weighted by Crippen LogP contribution is -2.64. The van der Waals surface area contributed by atoms with E-state index >= 15 is 0 Å². The largest absolute Gasteiger partial charge is 0.543 e. The molecule has 0 saturated carbocycles. The number of carbonyl (C=O) groups is 2. The molecular formula is C28H30N4O6S. The molecule has 0 radical (unpaired) electrons. The Bertz CT molecular complexity index is 1670. The molecular weight excluding hydrogens is 520 g/mol. The zero-order valence-corrected chi connectivity index (χ0v) is 22.8.